The van der Waals surface area contributed by atoms with E-state index in [1.54, 1.807) is 11.8 Å². The van der Waals surface area contributed by atoms with E-state index in [4.69, 9.17) is 4.74 Å². The van der Waals surface area contributed by atoms with Gasteiger partial charge in [0.2, 0.25) is 0 Å². The zero-order chi connectivity index (χ0) is 15.1. The lowest BCUT2D eigenvalue weighted by Crippen LogP contribution is -2.14. The summed E-state index contributed by atoms with van der Waals surface area (Å²) in [7, 11) is 1.61. The highest BCUT2D eigenvalue weighted by atomic mass is 16.5. The van der Waals surface area contributed by atoms with Crippen LogP contribution in [0.1, 0.15) is 30.7 Å². The fourth-order valence-corrected chi connectivity index (χ4v) is 2.03. The Morgan fingerprint density at radius 1 is 1.43 bits per heavy atom. The molecule has 1 heterocycles. The van der Waals surface area contributed by atoms with Crippen molar-refractivity contribution in [1.29, 1.82) is 0 Å². The van der Waals surface area contributed by atoms with Gasteiger partial charge in [-0.25, -0.2) is 4.68 Å². The molecule has 114 valence electrons. The van der Waals surface area contributed by atoms with Crippen LogP contribution in [0.15, 0.2) is 30.5 Å². The first-order valence-corrected chi connectivity index (χ1v) is 7.14. The third-order valence-electron chi connectivity index (χ3n) is 3.16. The van der Waals surface area contributed by atoms with Crippen LogP contribution in [0.25, 0.3) is 0 Å². The first kappa shape index (κ1) is 15.5. The SMILES string of the molecule is CCCNCc1cn(CC(O)c2cccc(OC)c2)nn1. The van der Waals surface area contributed by atoms with Gasteiger partial charge in [0.05, 0.1) is 25.5 Å². The zero-order valence-corrected chi connectivity index (χ0v) is 12.5. The highest BCUT2D eigenvalue weighted by Gasteiger charge is 2.11. The van der Waals surface area contributed by atoms with Crippen molar-refractivity contribution in [3.8, 4) is 5.75 Å². The van der Waals surface area contributed by atoms with Crippen LogP contribution < -0.4 is 10.1 Å². The molecular formula is C15H22N4O2. The molecule has 21 heavy (non-hydrogen) atoms. The molecule has 6 nitrogen and oxygen atoms in total. The number of aliphatic hydroxyl groups is 1. The number of aromatic nitrogens is 3. The van der Waals surface area contributed by atoms with Gasteiger partial charge in [0.1, 0.15) is 5.75 Å². The number of ether oxygens (including phenoxy) is 1. The summed E-state index contributed by atoms with van der Waals surface area (Å²) in [6, 6.07) is 7.40. The molecule has 0 aliphatic heterocycles. The van der Waals surface area contributed by atoms with E-state index >= 15 is 0 Å². The number of hydrogen-bond donors (Lipinski definition) is 2. The second-order valence-corrected chi connectivity index (χ2v) is 4.90. The number of benzene rings is 1. The van der Waals surface area contributed by atoms with E-state index in [1.165, 1.54) is 0 Å². The van der Waals surface area contributed by atoms with Crippen LogP contribution in [0, 0.1) is 0 Å². The maximum Gasteiger partial charge on any atom is 0.119 e. The predicted octanol–water partition coefficient (Wildman–Crippen LogP) is 1.52. The van der Waals surface area contributed by atoms with Gasteiger partial charge in [0.25, 0.3) is 0 Å². The minimum absolute atomic E-state index is 0.369. The minimum atomic E-state index is -0.641. The summed E-state index contributed by atoms with van der Waals surface area (Å²) in [5.41, 5.74) is 1.68. The van der Waals surface area contributed by atoms with Gasteiger partial charge in [-0.3, -0.25) is 0 Å². The van der Waals surface area contributed by atoms with Crippen molar-refractivity contribution < 1.29 is 9.84 Å². The Hall–Kier alpha value is -1.92. The van der Waals surface area contributed by atoms with Gasteiger partial charge in [-0.2, -0.15) is 0 Å². The monoisotopic (exact) mass is 290 g/mol. The topological polar surface area (TPSA) is 72.2 Å². The van der Waals surface area contributed by atoms with Crippen molar-refractivity contribution >= 4 is 0 Å². The predicted molar refractivity (Wildman–Crippen MR) is 80.0 cm³/mol. The van der Waals surface area contributed by atoms with Gasteiger partial charge < -0.3 is 15.2 Å². The zero-order valence-electron chi connectivity index (χ0n) is 12.5. The Bertz CT molecular complexity index is 556. The Kier molecular flexibility index (Phi) is 5.71. The average Bonchev–Trinajstić information content (AvgIpc) is 2.95. The van der Waals surface area contributed by atoms with E-state index in [1.807, 2.05) is 30.5 Å². The van der Waals surface area contributed by atoms with Crippen molar-refractivity contribution in [2.75, 3.05) is 13.7 Å². The summed E-state index contributed by atoms with van der Waals surface area (Å²) >= 11 is 0. The van der Waals surface area contributed by atoms with E-state index in [2.05, 4.69) is 22.6 Å². The second-order valence-electron chi connectivity index (χ2n) is 4.90. The first-order valence-electron chi connectivity index (χ1n) is 7.14. The largest absolute Gasteiger partial charge is 0.497 e. The molecular weight excluding hydrogens is 268 g/mol. The van der Waals surface area contributed by atoms with Crippen molar-refractivity contribution in [3.05, 3.63) is 41.7 Å². The number of nitrogens with one attached hydrogen (secondary N) is 1. The molecule has 2 rings (SSSR count). The van der Waals surface area contributed by atoms with Gasteiger partial charge >= 0.3 is 0 Å². The van der Waals surface area contributed by atoms with E-state index in [9.17, 15) is 5.11 Å². The fraction of sp³-hybridized carbons (Fsp3) is 0.467. The highest BCUT2D eigenvalue weighted by molar-refractivity contribution is 5.29. The lowest BCUT2D eigenvalue weighted by molar-refractivity contribution is 0.150. The number of methoxy groups -OCH3 is 1. The van der Waals surface area contributed by atoms with Gasteiger partial charge in [-0.05, 0) is 30.7 Å². The summed E-state index contributed by atoms with van der Waals surface area (Å²) in [4.78, 5) is 0. The molecule has 1 atom stereocenters. The van der Waals surface area contributed by atoms with Crippen LogP contribution >= 0.6 is 0 Å². The molecule has 0 aliphatic carbocycles. The lowest BCUT2D eigenvalue weighted by Gasteiger charge is -2.11. The summed E-state index contributed by atoms with van der Waals surface area (Å²) in [5.74, 6) is 0.731. The molecule has 1 unspecified atom stereocenters. The summed E-state index contributed by atoms with van der Waals surface area (Å²) in [6.45, 7) is 4.14. The van der Waals surface area contributed by atoms with Crippen molar-refractivity contribution in [1.82, 2.24) is 20.3 Å². The molecule has 2 N–H and O–H groups in total. The standard InChI is InChI=1S/C15H22N4O2/c1-3-7-16-9-13-10-19(18-17-13)11-15(20)12-5-4-6-14(8-12)21-2/h4-6,8,10,15-16,20H,3,7,9,11H2,1-2H3. The van der Waals surface area contributed by atoms with Gasteiger partial charge in [0, 0.05) is 12.7 Å². The Morgan fingerprint density at radius 3 is 3.05 bits per heavy atom. The second kappa shape index (κ2) is 7.75. The fourth-order valence-electron chi connectivity index (χ4n) is 2.03. The Balaban J connectivity index is 1.94. The summed E-state index contributed by atoms with van der Waals surface area (Å²) in [6.07, 6.45) is 2.30. The molecule has 0 fully saturated rings. The van der Waals surface area contributed by atoms with E-state index in [0.29, 0.717) is 13.1 Å². The smallest absolute Gasteiger partial charge is 0.119 e. The van der Waals surface area contributed by atoms with E-state index < -0.39 is 6.10 Å². The molecule has 0 bridgehead atoms. The highest BCUT2D eigenvalue weighted by Crippen LogP contribution is 2.20. The van der Waals surface area contributed by atoms with Crippen LogP contribution in [-0.4, -0.2) is 33.8 Å². The van der Waals surface area contributed by atoms with Crippen molar-refractivity contribution in [3.63, 3.8) is 0 Å². The molecule has 0 amide bonds. The Labute approximate surface area is 124 Å². The average molecular weight is 290 g/mol. The van der Waals surface area contributed by atoms with Gasteiger partial charge in [0.15, 0.2) is 0 Å². The van der Waals surface area contributed by atoms with Crippen LogP contribution in [0.2, 0.25) is 0 Å². The van der Waals surface area contributed by atoms with Crippen LogP contribution in [0.4, 0.5) is 0 Å². The molecule has 0 saturated carbocycles. The molecule has 1 aromatic heterocycles. The molecule has 0 radical (unpaired) electrons. The molecule has 0 aliphatic rings. The first-order chi connectivity index (χ1) is 10.2. The van der Waals surface area contributed by atoms with E-state index in [0.717, 1.165) is 30.0 Å². The van der Waals surface area contributed by atoms with Crippen LogP contribution in [-0.2, 0) is 13.1 Å². The van der Waals surface area contributed by atoms with Gasteiger partial charge in [-0.15, -0.1) is 5.10 Å². The lowest BCUT2D eigenvalue weighted by atomic mass is 10.1. The quantitative estimate of drug-likeness (QED) is 0.721. The number of rotatable bonds is 8. The van der Waals surface area contributed by atoms with Crippen LogP contribution in [0.5, 0.6) is 5.75 Å². The molecule has 0 saturated heterocycles. The van der Waals surface area contributed by atoms with Crippen molar-refractivity contribution in [2.24, 2.45) is 0 Å². The number of nitrogens with zero attached hydrogens (tertiary/aromatic N) is 3. The van der Waals surface area contributed by atoms with Gasteiger partial charge in [-0.1, -0.05) is 24.3 Å². The number of aliphatic hydroxyl groups excluding tert-OH is 1. The van der Waals surface area contributed by atoms with Crippen LogP contribution in [0.3, 0.4) is 0 Å². The Morgan fingerprint density at radius 2 is 2.29 bits per heavy atom. The van der Waals surface area contributed by atoms with Crippen molar-refractivity contribution in [2.45, 2.75) is 32.5 Å². The summed E-state index contributed by atoms with van der Waals surface area (Å²) < 4.78 is 6.82. The molecule has 0 spiro atoms. The third-order valence-corrected chi connectivity index (χ3v) is 3.16. The normalized spacial score (nSPS) is 12.3. The third kappa shape index (κ3) is 4.54. The summed E-state index contributed by atoms with van der Waals surface area (Å²) in [5, 5.41) is 21.6. The molecule has 2 aromatic rings. The number of hydrogen-bond acceptors (Lipinski definition) is 5. The molecule has 1 aromatic carbocycles. The van der Waals surface area contributed by atoms with E-state index in [-0.39, 0.29) is 0 Å². The minimum Gasteiger partial charge on any atom is -0.497 e. The maximum atomic E-state index is 10.3. The molecule has 6 heteroatoms. The maximum absolute atomic E-state index is 10.3.